The number of nitriles is 1. The fourth-order valence-electron chi connectivity index (χ4n) is 2.88. The van der Waals surface area contributed by atoms with Gasteiger partial charge in [0, 0.05) is 5.69 Å². The van der Waals surface area contributed by atoms with E-state index in [0.29, 0.717) is 17.8 Å². The van der Waals surface area contributed by atoms with Gasteiger partial charge >= 0.3 is 0 Å². The Kier molecular flexibility index (Phi) is 7.73. The summed E-state index contributed by atoms with van der Waals surface area (Å²) in [5, 5.41) is 14.9. The van der Waals surface area contributed by atoms with Gasteiger partial charge in [0.05, 0.1) is 23.8 Å². The van der Waals surface area contributed by atoms with Gasteiger partial charge in [-0.05, 0) is 50.6 Å². The van der Waals surface area contributed by atoms with Crippen LogP contribution in [0.15, 0.2) is 48.5 Å². The molecule has 0 fully saturated rings. The van der Waals surface area contributed by atoms with E-state index in [4.69, 9.17) is 0 Å². The molecule has 6 nitrogen and oxygen atoms in total. The van der Waals surface area contributed by atoms with Crippen LogP contribution < -0.4 is 10.6 Å². The number of hydrogen-bond acceptors (Lipinski definition) is 4. The maximum Gasteiger partial charge on any atom is 0.241 e. The van der Waals surface area contributed by atoms with Crippen molar-refractivity contribution in [3.05, 3.63) is 59.7 Å². The molecule has 1 atom stereocenters. The molecule has 0 aromatic heterocycles. The second-order valence-electron chi connectivity index (χ2n) is 6.66. The number of nitrogens with one attached hydrogen (secondary N) is 2. The van der Waals surface area contributed by atoms with Gasteiger partial charge in [0.25, 0.3) is 0 Å². The standard InChI is InChI=1S/C22H26N4O2/c1-4-13-26(15-21(27)24-19-11-7-5-9-16(19)2)17(3)22(28)25-20-12-8-6-10-18(20)14-23/h5-12,17H,4,13,15H2,1-3H3,(H,24,27)(H,25,28). The Balaban J connectivity index is 2.05. The molecule has 0 aliphatic carbocycles. The Morgan fingerprint density at radius 2 is 1.71 bits per heavy atom. The van der Waals surface area contributed by atoms with Crippen LogP contribution in [-0.4, -0.2) is 35.8 Å². The predicted molar refractivity (Wildman–Crippen MR) is 111 cm³/mol. The fraction of sp³-hybridized carbons (Fsp3) is 0.318. The zero-order valence-corrected chi connectivity index (χ0v) is 16.5. The Labute approximate surface area is 166 Å². The van der Waals surface area contributed by atoms with Crippen molar-refractivity contribution in [1.82, 2.24) is 4.90 Å². The maximum absolute atomic E-state index is 12.7. The molecule has 2 aromatic rings. The number of anilines is 2. The number of carbonyl (C=O) groups excluding carboxylic acids is 2. The van der Waals surface area contributed by atoms with Crippen molar-refractivity contribution in [3.63, 3.8) is 0 Å². The third kappa shape index (κ3) is 5.66. The van der Waals surface area contributed by atoms with Gasteiger partial charge in [0.2, 0.25) is 11.8 Å². The van der Waals surface area contributed by atoms with E-state index < -0.39 is 6.04 Å². The Bertz CT molecular complexity index is 873. The lowest BCUT2D eigenvalue weighted by Gasteiger charge is -2.27. The first-order chi connectivity index (χ1) is 13.5. The molecule has 0 aliphatic heterocycles. The first-order valence-electron chi connectivity index (χ1n) is 9.35. The number of hydrogen-bond donors (Lipinski definition) is 2. The van der Waals surface area contributed by atoms with Crippen LogP contribution in [0.2, 0.25) is 0 Å². The average molecular weight is 378 g/mol. The number of benzene rings is 2. The van der Waals surface area contributed by atoms with Crippen LogP contribution in [0.5, 0.6) is 0 Å². The summed E-state index contributed by atoms with van der Waals surface area (Å²) in [4.78, 5) is 27.0. The van der Waals surface area contributed by atoms with E-state index in [1.807, 2.05) is 43.0 Å². The summed E-state index contributed by atoms with van der Waals surface area (Å²) in [6, 6.07) is 16.0. The van der Waals surface area contributed by atoms with Gasteiger partial charge < -0.3 is 10.6 Å². The highest BCUT2D eigenvalue weighted by Crippen LogP contribution is 2.16. The Morgan fingerprint density at radius 3 is 2.36 bits per heavy atom. The molecule has 2 rings (SSSR count). The molecule has 0 heterocycles. The molecule has 6 heteroatoms. The summed E-state index contributed by atoms with van der Waals surface area (Å²) < 4.78 is 0. The van der Waals surface area contributed by atoms with Crippen LogP contribution >= 0.6 is 0 Å². The number of rotatable bonds is 8. The normalized spacial score (nSPS) is 11.5. The van der Waals surface area contributed by atoms with Crippen molar-refractivity contribution < 1.29 is 9.59 Å². The lowest BCUT2D eigenvalue weighted by molar-refractivity contribution is -0.123. The number of aryl methyl sites for hydroxylation is 1. The van der Waals surface area contributed by atoms with E-state index in [9.17, 15) is 14.9 Å². The fourth-order valence-corrected chi connectivity index (χ4v) is 2.88. The summed E-state index contributed by atoms with van der Waals surface area (Å²) >= 11 is 0. The zero-order chi connectivity index (χ0) is 20.5. The minimum atomic E-state index is -0.519. The van der Waals surface area contributed by atoms with Crippen molar-refractivity contribution >= 4 is 23.2 Å². The number of carbonyl (C=O) groups is 2. The predicted octanol–water partition coefficient (Wildman–Crippen LogP) is 3.54. The molecule has 2 amide bonds. The van der Waals surface area contributed by atoms with Crippen LogP contribution in [0.4, 0.5) is 11.4 Å². The van der Waals surface area contributed by atoms with Crippen LogP contribution in [-0.2, 0) is 9.59 Å². The molecular formula is C22H26N4O2. The molecule has 28 heavy (non-hydrogen) atoms. The molecule has 0 aliphatic rings. The third-order valence-corrected chi connectivity index (χ3v) is 4.51. The van der Waals surface area contributed by atoms with Gasteiger partial charge in [-0.15, -0.1) is 0 Å². The van der Waals surface area contributed by atoms with Gasteiger partial charge in [-0.25, -0.2) is 0 Å². The lowest BCUT2D eigenvalue weighted by atomic mass is 10.1. The highest BCUT2D eigenvalue weighted by Gasteiger charge is 2.23. The van der Waals surface area contributed by atoms with Crippen LogP contribution in [0, 0.1) is 18.3 Å². The highest BCUT2D eigenvalue weighted by atomic mass is 16.2. The Hall–Kier alpha value is -3.17. The minimum Gasteiger partial charge on any atom is -0.325 e. The van der Waals surface area contributed by atoms with Crippen molar-refractivity contribution in [3.8, 4) is 6.07 Å². The van der Waals surface area contributed by atoms with Gasteiger partial charge in [0.1, 0.15) is 6.07 Å². The second kappa shape index (κ2) is 10.2. The van der Waals surface area contributed by atoms with Gasteiger partial charge in [0.15, 0.2) is 0 Å². The molecule has 0 radical (unpaired) electrons. The number of para-hydroxylation sites is 2. The summed E-state index contributed by atoms with van der Waals surface area (Å²) in [5.41, 5.74) is 2.63. The van der Waals surface area contributed by atoms with E-state index in [1.165, 1.54) is 0 Å². The summed E-state index contributed by atoms with van der Waals surface area (Å²) in [6.07, 6.45) is 0.810. The smallest absolute Gasteiger partial charge is 0.241 e. The lowest BCUT2D eigenvalue weighted by Crippen LogP contribution is -2.46. The van der Waals surface area contributed by atoms with E-state index >= 15 is 0 Å². The first kappa shape index (κ1) is 21.1. The monoisotopic (exact) mass is 378 g/mol. The topological polar surface area (TPSA) is 85.2 Å². The quantitative estimate of drug-likeness (QED) is 0.736. The van der Waals surface area contributed by atoms with E-state index in [2.05, 4.69) is 16.7 Å². The van der Waals surface area contributed by atoms with E-state index in [0.717, 1.165) is 17.7 Å². The average Bonchev–Trinajstić information content (AvgIpc) is 2.69. The van der Waals surface area contributed by atoms with E-state index in [1.54, 1.807) is 31.2 Å². The van der Waals surface area contributed by atoms with Crippen molar-refractivity contribution in [2.24, 2.45) is 0 Å². The summed E-state index contributed by atoms with van der Waals surface area (Å²) in [6.45, 7) is 6.41. The SMILES string of the molecule is CCCN(CC(=O)Nc1ccccc1C)C(C)C(=O)Nc1ccccc1C#N. The molecule has 0 saturated heterocycles. The maximum atomic E-state index is 12.7. The first-order valence-corrected chi connectivity index (χ1v) is 9.35. The minimum absolute atomic E-state index is 0.108. The summed E-state index contributed by atoms with van der Waals surface area (Å²) in [7, 11) is 0. The van der Waals surface area contributed by atoms with Crippen LogP contribution in [0.3, 0.4) is 0 Å². The second-order valence-corrected chi connectivity index (χ2v) is 6.66. The zero-order valence-electron chi connectivity index (χ0n) is 16.5. The van der Waals surface area contributed by atoms with E-state index in [-0.39, 0.29) is 18.4 Å². The number of nitrogens with zero attached hydrogens (tertiary/aromatic N) is 2. The van der Waals surface area contributed by atoms with Crippen molar-refractivity contribution in [2.45, 2.75) is 33.2 Å². The molecule has 0 spiro atoms. The molecule has 2 N–H and O–H groups in total. The van der Waals surface area contributed by atoms with Crippen LogP contribution in [0.1, 0.15) is 31.4 Å². The van der Waals surface area contributed by atoms with Crippen molar-refractivity contribution in [1.29, 1.82) is 5.26 Å². The molecule has 2 aromatic carbocycles. The molecular weight excluding hydrogens is 352 g/mol. The largest absolute Gasteiger partial charge is 0.325 e. The molecule has 146 valence electrons. The van der Waals surface area contributed by atoms with Gasteiger partial charge in [-0.3, -0.25) is 14.5 Å². The third-order valence-electron chi connectivity index (χ3n) is 4.51. The van der Waals surface area contributed by atoms with Gasteiger partial charge in [-0.2, -0.15) is 5.26 Å². The summed E-state index contributed by atoms with van der Waals surface area (Å²) in [5.74, 6) is -0.417. The molecule has 0 saturated carbocycles. The molecule has 1 unspecified atom stereocenters. The Morgan fingerprint density at radius 1 is 1.07 bits per heavy atom. The molecule has 0 bridgehead atoms. The van der Waals surface area contributed by atoms with Gasteiger partial charge in [-0.1, -0.05) is 37.3 Å². The van der Waals surface area contributed by atoms with Crippen molar-refractivity contribution in [2.75, 3.05) is 23.7 Å². The van der Waals surface area contributed by atoms with Crippen LogP contribution in [0.25, 0.3) is 0 Å². The number of amides is 2. The highest BCUT2D eigenvalue weighted by molar-refractivity contribution is 5.97.